The van der Waals surface area contributed by atoms with Crippen molar-refractivity contribution in [2.75, 3.05) is 39.3 Å². The summed E-state index contributed by atoms with van der Waals surface area (Å²) in [5.41, 5.74) is 5.53. The largest absolute Gasteiger partial charge is 0.366 e. The molecule has 1 aromatic rings. The minimum absolute atomic E-state index is 0. The summed E-state index contributed by atoms with van der Waals surface area (Å²) in [6, 6.07) is 1.53. The van der Waals surface area contributed by atoms with Crippen LogP contribution in [0.25, 0.3) is 0 Å². The number of rotatable bonds is 5. The van der Waals surface area contributed by atoms with E-state index in [9.17, 15) is 9.59 Å². The fourth-order valence-electron chi connectivity index (χ4n) is 1.93. The number of thiophene rings is 1. The van der Waals surface area contributed by atoms with Crippen molar-refractivity contribution in [1.29, 1.82) is 0 Å². The molecule has 0 atom stereocenters. The SMILES string of the molecule is Cl.NC(=O)c1csc(C(=O)NCCN2CCNCC2)c1. The van der Waals surface area contributed by atoms with Gasteiger partial charge in [0, 0.05) is 44.6 Å². The molecular weight excluding hydrogens is 300 g/mol. The summed E-state index contributed by atoms with van der Waals surface area (Å²) in [4.78, 5) is 25.6. The highest BCUT2D eigenvalue weighted by atomic mass is 35.5. The van der Waals surface area contributed by atoms with Crippen LogP contribution in [0.2, 0.25) is 0 Å². The molecule has 0 spiro atoms. The van der Waals surface area contributed by atoms with Gasteiger partial charge in [-0.25, -0.2) is 0 Å². The molecule has 112 valence electrons. The van der Waals surface area contributed by atoms with Crippen molar-refractivity contribution in [3.05, 3.63) is 21.9 Å². The fourth-order valence-corrected chi connectivity index (χ4v) is 2.75. The van der Waals surface area contributed by atoms with Crippen molar-refractivity contribution in [2.24, 2.45) is 5.73 Å². The number of halogens is 1. The van der Waals surface area contributed by atoms with Crippen LogP contribution in [-0.4, -0.2) is 56.0 Å². The number of piperazine rings is 1. The molecule has 0 unspecified atom stereocenters. The normalized spacial score (nSPS) is 15.4. The highest BCUT2D eigenvalue weighted by Gasteiger charge is 2.12. The molecule has 0 bridgehead atoms. The van der Waals surface area contributed by atoms with Gasteiger partial charge in [0.1, 0.15) is 0 Å². The summed E-state index contributed by atoms with van der Waals surface area (Å²) < 4.78 is 0. The third-order valence-electron chi connectivity index (χ3n) is 3.03. The molecule has 0 aromatic carbocycles. The number of nitrogens with one attached hydrogen (secondary N) is 2. The van der Waals surface area contributed by atoms with Gasteiger partial charge in [0.15, 0.2) is 0 Å². The van der Waals surface area contributed by atoms with E-state index in [1.807, 2.05) is 0 Å². The minimum Gasteiger partial charge on any atom is -0.366 e. The topological polar surface area (TPSA) is 87.5 Å². The highest BCUT2D eigenvalue weighted by molar-refractivity contribution is 7.12. The molecule has 1 aromatic heterocycles. The van der Waals surface area contributed by atoms with Gasteiger partial charge >= 0.3 is 0 Å². The molecule has 2 amide bonds. The molecule has 1 saturated heterocycles. The summed E-state index contributed by atoms with van der Waals surface area (Å²) in [5.74, 6) is -0.649. The number of carbonyl (C=O) groups is 2. The van der Waals surface area contributed by atoms with Crippen molar-refractivity contribution in [3.8, 4) is 0 Å². The molecule has 1 aliphatic rings. The van der Waals surface area contributed by atoms with Crippen LogP contribution in [0.4, 0.5) is 0 Å². The van der Waals surface area contributed by atoms with Crippen LogP contribution < -0.4 is 16.4 Å². The molecule has 20 heavy (non-hydrogen) atoms. The van der Waals surface area contributed by atoms with E-state index in [4.69, 9.17) is 5.73 Å². The summed E-state index contributed by atoms with van der Waals surface area (Å²) in [7, 11) is 0. The van der Waals surface area contributed by atoms with Crippen LogP contribution >= 0.6 is 23.7 Å². The fraction of sp³-hybridized carbons (Fsp3) is 0.500. The van der Waals surface area contributed by atoms with Crippen LogP contribution in [0.3, 0.4) is 0 Å². The Balaban J connectivity index is 0.00000200. The molecule has 2 heterocycles. The average molecular weight is 319 g/mol. The third kappa shape index (κ3) is 4.75. The number of primary amides is 1. The second kappa shape index (κ2) is 8.21. The Bertz CT molecular complexity index is 460. The van der Waals surface area contributed by atoms with Crippen LogP contribution in [0.1, 0.15) is 20.0 Å². The zero-order chi connectivity index (χ0) is 13.7. The van der Waals surface area contributed by atoms with Crippen molar-refractivity contribution in [3.63, 3.8) is 0 Å². The molecule has 4 N–H and O–H groups in total. The Kier molecular flexibility index (Phi) is 6.94. The molecule has 0 saturated carbocycles. The highest BCUT2D eigenvalue weighted by Crippen LogP contribution is 2.13. The van der Waals surface area contributed by atoms with E-state index in [1.165, 1.54) is 17.4 Å². The van der Waals surface area contributed by atoms with Crippen molar-refractivity contribution in [1.82, 2.24) is 15.5 Å². The van der Waals surface area contributed by atoms with Gasteiger partial charge in [-0.2, -0.15) is 0 Å². The molecule has 0 aliphatic carbocycles. The smallest absolute Gasteiger partial charge is 0.261 e. The quantitative estimate of drug-likeness (QED) is 0.708. The molecule has 1 fully saturated rings. The maximum atomic E-state index is 11.8. The van der Waals surface area contributed by atoms with E-state index in [1.54, 1.807) is 5.38 Å². The lowest BCUT2D eigenvalue weighted by molar-refractivity contribution is 0.0951. The molecule has 8 heteroatoms. The summed E-state index contributed by atoms with van der Waals surface area (Å²) in [6.45, 7) is 5.49. The van der Waals surface area contributed by atoms with Crippen LogP contribution in [0.5, 0.6) is 0 Å². The molecule has 6 nitrogen and oxygen atoms in total. The molecule has 0 radical (unpaired) electrons. The zero-order valence-electron chi connectivity index (χ0n) is 11.1. The average Bonchev–Trinajstić information content (AvgIpc) is 2.89. The maximum absolute atomic E-state index is 11.8. The van der Waals surface area contributed by atoms with Crippen LogP contribution in [0, 0.1) is 0 Å². The summed E-state index contributed by atoms with van der Waals surface area (Å²) >= 11 is 1.24. The second-order valence-corrected chi connectivity index (χ2v) is 5.32. The van der Waals surface area contributed by atoms with Crippen LogP contribution in [-0.2, 0) is 0 Å². The Labute approximate surface area is 128 Å². The van der Waals surface area contributed by atoms with Crippen molar-refractivity contribution < 1.29 is 9.59 Å². The van der Waals surface area contributed by atoms with Crippen molar-refractivity contribution >= 4 is 35.6 Å². The van der Waals surface area contributed by atoms with E-state index < -0.39 is 5.91 Å². The van der Waals surface area contributed by atoms with Crippen molar-refractivity contribution in [2.45, 2.75) is 0 Å². The van der Waals surface area contributed by atoms with E-state index in [2.05, 4.69) is 15.5 Å². The summed E-state index contributed by atoms with van der Waals surface area (Å²) in [6.07, 6.45) is 0. The van der Waals surface area contributed by atoms with Gasteiger partial charge in [0.05, 0.1) is 10.4 Å². The first kappa shape index (κ1) is 16.9. The lowest BCUT2D eigenvalue weighted by Crippen LogP contribution is -2.46. The predicted molar refractivity (Wildman–Crippen MR) is 81.7 cm³/mol. The van der Waals surface area contributed by atoms with Gasteiger partial charge in [-0.1, -0.05) is 0 Å². The van der Waals surface area contributed by atoms with E-state index >= 15 is 0 Å². The lowest BCUT2D eigenvalue weighted by Gasteiger charge is -2.26. The van der Waals surface area contributed by atoms with E-state index in [0.29, 0.717) is 17.0 Å². The number of hydrogen-bond donors (Lipinski definition) is 3. The Morgan fingerprint density at radius 3 is 2.70 bits per heavy atom. The number of amides is 2. The standard InChI is InChI=1S/C12H18N4O2S.ClH/c13-11(17)9-7-10(19-8-9)12(18)15-3-6-16-4-1-14-2-5-16;/h7-8,14H,1-6H2,(H2,13,17)(H,15,18);1H. The monoisotopic (exact) mass is 318 g/mol. The van der Waals surface area contributed by atoms with Gasteiger partial charge in [-0.15, -0.1) is 23.7 Å². The van der Waals surface area contributed by atoms with Gasteiger partial charge in [-0.05, 0) is 6.07 Å². The van der Waals surface area contributed by atoms with E-state index in [0.717, 1.165) is 32.7 Å². The maximum Gasteiger partial charge on any atom is 0.261 e. The number of hydrogen-bond acceptors (Lipinski definition) is 5. The Morgan fingerprint density at radius 1 is 1.40 bits per heavy atom. The molecule has 1 aliphatic heterocycles. The first-order valence-corrected chi connectivity index (χ1v) is 7.14. The minimum atomic E-state index is -0.504. The molecule has 2 rings (SSSR count). The second-order valence-electron chi connectivity index (χ2n) is 4.41. The number of nitrogens with two attached hydrogens (primary N) is 1. The first-order chi connectivity index (χ1) is 9.16. The van der Waals surface area contributed by atoms with Crippen LogP contribution in [0.15, 0.2) is 11.4 Å². The number of nitrogens with zero attached hydrogens (tertiary/aromatic N) is 1. The van der Waals surface area contributed by atoms with Gasteiger partial charge in [0.25, 0.3) is 5.91 Å². The van der Waals surface area contributed by atoms with E-state index in [-0.39, 0.29) is 18.3 Å². The Morgan fingerprint density at radius 2 is 2.10 bits per heavy atom. The first-order valence-electron chi connectivity index (χ1n) is 6.26. The van der Waals surface area contributed by atoms with Gasteiger partial charge in [-0.3, -0.25) is 14.5 Å². The Hall–Kier alpha value is -1.15. The number of carbonyl (C=O) groups excluding carboxylic acids is 2. The summed E-state index contributed by atoms with van der Waals surface area (Å²) in [5, 5.41) is 7.74. The lowest BCUT2D eigenvalue weighted by atomic mass is 10.3. The predicted octanol–water partition coefficient (Wildman–Crippen LogP) is -0.0962. The van der Waals surface area contributed by atoms with Gasteiger partial charge in [0.2, 0.25) is 5.91 Å². The third-order valence-corrected chi connectivity index (χ3v) is 3.96. The zero-order valence-corrected chi connectivity index (χ0v) is 12.7. The molecular formula is C12H19ClN4O2S. The van der Waals surface area contributed by atoms with Gasteiger partial charge < -0.3 is 16.4 Å².